The predicted molar refractivity (Wildman–Crippen MR) is 238 cm³/mol. The molecule has 0 aliphatic rings. The summed E-state index contributed by atoms with van der Waals surface area (Å²) in [6, 6.07) is 68.2. The molecule has 5 nitrogen and oxygen atoms in total. The molecule has 3 aromatic heterocycles. The van der Waals surface area contributed by atoms with Crippen LogP contribution in [0.15, 0.2) is 199 Å². The molecule has 9 aromatic carbocycles. The number of nitrogens with zero attached hydrogens (tertiary/aromatic N) is 4. The van der Waals surface area contributed by atoms with Crippen LogP contribution in [0.3, 0.4) is 0 Å². The Kier molecular flexibility index (Phi) is 7.16. The topological polar surface area (TPSA) is 56.7 Å². The molecule has 0 aliphatic heterocycles. The Hall–Kier alpha value is -7.89. The van der Waals surface area contributed by atoms with Crippen LogP contribution in [0.4, 0.5) is 0 Å². The van der Waals surface area contributed by atoms with Crippen LogP contribution in [0.5, 0.6) is 0 Å². The maximum absolute atomic E-state index is 6.23. The Labute approximate surface area is 333 Å². The van der Waals surface area contributed by atoms with Crippen molar-refractivity contribution in [3.05, 3.63) is 194 Å². The largest absolute Gasteiger partial charge is 0.456 e. The minimum Gasteiger partial charge on any atom is -0.456 e. The molecular formula is C53H32N4O. The second-order valence-electron chi connectivity index (χ2n) is 14.8. The van der Waals surface area contributed by atoms with Gasteiger partial charge in [-0.2, -0.15) is 0 Å². The van der Waals surface area contributed by atoms with Gasteiger partial charge in [-0.25, -0.2) is 15.0 Å². The third kappa shape index (κ3) is 5.14. The third-order valence-corrected chi connectivity index (χ3v) is 11.4. The van der Waals surface area contributed by atoms with Gasteiger partial charge in [-0.3, -0.25) is 0 Å². The van der Waals surface area contributed by atoms with Gasteiger partial charge in [0.1, 0.15) is 11.2 Å². The first kappa shape index (κ1) is 32.4. The fraction of sp³-hybridized carbons (Fsp3) is 0. The van der Waals surface area contributed by atoms with E-state index in [9.17, 15) is 0 Å². The third-order valence-electron chi connectivity index (χ3n) is 11.4. The van der Waals surface area contributed by atoms with E-state index in [1.165, 1.54) is 43.4 Å². The molecule has 0 unspecified atom stereocenters. The average molecular weight is 741 g/mol. The van der Waals surface area contributed by atoms with Gasteiger partial charge in [0.05, 0.1) is 11.0 Å². The molecule has 0 atom stereocenters. The van der Waals surface area contributed by atoms with E-state index < -0.39 is 0 Å². The minimum absolute atomic E-state index is 0.592. The molecule has 0 N–H and O–H groups in total. The van der Waals surface area contributed by atoms with E-state index >= 15 is 0 Å². The lowest BCUT2D eigenvalue weighted by molar-refractivity contribution is 0.669. The zero-order valence-electron chi connectivity index (χ0n) is 31.2. The highest BCUT2D eigenvalue weighted by molar-refractivity contribution is 6.28. The van der Waals surface area contributed by atoms with Gasteiger partial charge in [0.25, 0.3) is 0 Å². The molecule has 0 radical (unpaired) electrons. The molecule has 12 aromatic rings. The van der Waals surface area contributed by atoms with Gasteiger partial charge in [-0.05, 0) is 75.1 Å². The zero-order chi connectivity index (χ0) is 38.2. The smallest absolute Gasteiger partial charge is 0.164 e. The Morgan fingerprint density at radius 3 is 1.53 bits per heavy atom. The highest BCUT2D eigenvalue weighted by Gasteiger charge is 2.18. The van der Waals surface area contributed by atoms with Gasteiger partial charge in [0.2, 0.25) is 0 Å². The first-order chi connectivity index (χ1) is 28.7. The van der Waals surface area contributed by atoms with Crippen molar-refractivity contribution in [1.29, 1.82) is 0 Å². The second-order valence-corrected chi connectivity index (χ2v) is 14.8. The van der Waals surface area contributed by atoms with Gasteiger partial charge in [-0.15, -0.1) is 0 Å². The number of rotatable bonds is 5. The molecule has 0 spiro atoms. The number of hydrogen-bond acceptors (Lipinski definition) is 4. The molecule has 12 rings (SSSR count). The Bertz CT molecular complexity index is 3470. The fourth-order valence-electron chi connectivity index (χ4n) is 8.68. The highest BCUT2D eigenvalue weighted by atomic mass is 16.3. The minimum atomic E-state index is 0.592. The number of furan rings is 1. The molecule has 270 valence electrons. The number of fused-ring (bicyclic) bond motifs is 10. The molecular weight excluding hydrogens is 709 g/mol. The maximum Gasteiger partial charge on any atom is 0.164 e. The Morgan fingerprint density at radius 1 is 0.328 bits per heavy atom. The van der Waals surface area contributed by atoms with Crippen LogP contribution in [0.2, 0.25) is 0 Å². The molecule has 0 fully saturated rings. The summed E-state index contributed by atoms with van der Waals surface area (Å²) >= 11 is 0. The number of hydrogen-bond donors (Lipinski definition) is 0. The van der Waals surface area contributed by atoms with Crippen molar-refractivity contribution in [2.45, 2.75) is 0 Å². The van der Waals surface area contributed by atoms with E-state index in [0.717, 1.165) is 55.4 Å². The predicted octanol–water partition coefficient (Wildman–Crippen LogP) is 13.8. The second kappa shape index (κ2) is 12.8. The van der Waals surface area contributed by atoms with Crippen LogP contribution in [0.1, 0.15) is 0 Å². The fourth-order valence-corrected chi connectivity index (χ4v) is 8.68. The lowest BCUT2D eigenvalue weighted by atomic mass is 10.00. The molecule has 0 bridgehead atoms. The first-order valence-corrected chi connectivity index (χ1v) is 19.5. The van der Waals surface area contributed by atoms with E-state index in [0.29, 0.717) is 17.5 Å². The van der Waals surface area contributed by atoms with Crippen molar-refractivity contribution >= 4 is 65.3 Å². The Morgan fingerprint density at radius 2 is 0.845 bits per heavy atom. The highest BCUT2D eigenvalue weighted by Crippen LogP contribution is 2.41. The standard InChI is InChI=1S/C53H32N4O/c1-2-13-36(14-3-1)51-54-52(56-53(55-51)39-25-28-44-43-19-8-9-20-47(43)58-48(44)32-39)37-23-21-33(22-24-37)38-15-10-16-40(31-38)57-45-29-26-34-11-4-6-17-41(34)49(45)50-42-18-7-5-12-35(42)27-30-46(50)57/h1-32H. The van der Waals surface area contributed by atoms with E-state index in [1.807, 2.05) is 54.6 Å². The lowest BCUT2D eigenvalue weighted by Crippen LogP contribution is -2.00. The van der Waals surface area contributed by atoms with Crippen molar-refractivity contribution in [1.82, 2.24) is 19.5 Å². The van der Waals surface area contributed by atoms with Gasteiger partial charge < -0.3 is 8.98 Å². The van der Waals surface area contributed by atoms with Crippen LogP contribution in [-0.4, -0.2) is 19.5 Å². The quantitative estimate of drug-likeness (QED) is 0.176. The van der Waals surface area contributed by atoms with Crippen molar-refractivity contribution < 1.29 is 4.42 Å². The maximum atomic E-state index is 6.23. The first-order valence-electron chi connectivity index (χ1n) is 19.5. The van der Waals surface area contributed by atoms with Crippen molar-refractivity contribution in [2.75, 3.05) is 0 Å². The monoisotopic (exact) mass is 740 g/mol. The zero-order valence-corrected chi connectivity index (χ0v) is 31.2. The van der Waals surface area contributed by atoms with Crippen LogP contribution in [0.25, 0.3) is 116 Å². The molecule has 3 heterocycles. The summed E-state index contributed by atoms with van der Waals surface area (Å²) in [7, 11) is 0. The summed E-state index contributed by atoms with van der Waals surface area (Å²) in [5.74, 6) is 1.82. The molecule has 58 heavy (non-hydrogen) atoms. The summed E-state index contributed by atoms with van der Waals surface area (Å²) in [4.78, 5) is 15.0. The van der Waals surface area contributed by atoms with E-state index in [1.54, 1.807) is 0 Å². The van der Waals surface area contributed by atoms with Crippen molar-refractivity contribution in [3.8, 4) is 51.0 Å². The van der Waals surface area contributed by atoms with Crippen molar-refractivity contribution in [2.24, 2.45) is 0 Å². The number of aromatic nitrogens is 4. The number of benzene rings is 9. The molecule has 0 saturated heterocycles. The summed E-state index contributed by atoms with van der Waals surface area (Å²) < 4.78 is 8.65. The van der Waals surface area contributed by atoms with E-state index in [2.05, 4.69) is 144 Å². The average Bonchev–Trinajstić information content (AvgIpc) is 3.85. The summed E-state index contributed by atoms with van der Waals surface area (Å²) in [5, 5.41) is 9.73. The Balaban J connectivity index is 0.963. The molecule has 0 saturated carbocycles. The van der Waals surface area contributed by atoms with Gasteiger partial charge >= 0.3 is 0 Å². The van der Waals surface area contributed by atoms with Gasteiger partial charge in [0.15, 0.2) is 17.5 Å². The van der Waals surface area contributed by atoms with Gasteiger partial charge in [-0.1, -0.05) is 152 Å². The van der Waals surface area contributed by atoms with E-state index in [-0.39, 0.29) is 0 Å². The van der Waals surface area contributed by atoms with Crippen LogP contribution in [0, 0.1) is 0 Å². The van der Waals surface area contributed by atoms with Crippen LogP contribution in [-0.2, 0) is 0 Å². The summed E-state index contributed by atoms with van der Waals surface area (Å²) in [5.41, 5.74) is 10.1. The van der Waals surface area contributed by atoms with E-state index in [4.69, 9.17) is 19.4 Å². The van der Waals surface area contributed by atoms with Crippen LogP contribution < -0.4 is 0 Å². The van der Waals surface area contributed by atoms with Crippen molar-refractivity contribution in [3.63, 3.8) is 0 Å². The van der Waals surface area contributed by atoms with Gasteiger partial charge in [0, 0.05) is 43.9 Å². The van der Waals surface area contributed by atoms with Crippen LogP contribution >= 0.6 is 0 Å². The summed E-state index contributed by atoms with van der Waals surface area (Å²) in [6.45, 7) is 0. The lowest BCUT2D eigenvalue weighted by Gasteiger charge is -2.12. The molecule has 0 amide bonds. The summed E-state index contributed by atoms with van der Waals surface area (Å²) in [6.07, 6.45) is 0. The normalized spacial score (nSPS) is 11.8. The molecule has 5 heteroatoms. The SMILES string of the molecule is c1ccc(-c2nc(-c3ccc(-c4cccc(-n5c6ccc7ccccc7c6c6c7ccccc7ccc65)c4)cc3)nc(-c3ccc4c(c3)oc3ccccc34)n2)cc1. The molecule has 0 aliphatic carbocycles. The number of para-hydroxylation sites is 1.